The third-order valence-electron chi connectivity index (χ3n) is 5.18. The number of H-pyrrole nitrogens is 1. The van der Waals surface area contributed by atoms with Crippen molar-refractivity contribution in [2.45, 2.75) is 17.2 Å². The highest BCUT2D eigenvalue weighted by atomic mass is 35.5. The van der Waals surface area contributed by atoms with Crippen molar-refractivity contribution < 1.29 is 50.4 Å². The summed E-state index contributed by atoms with van der Waals surface area (Å²) in [6, 6.07) is 9.02. The van der Waals surface area contributed by atoms with Crippen molar-refractivity contribution in [2.24, 2.45) is 0 Å². The third kappa shape index (κ3) is 7.99. The molecule has 4 N–H and O–H groups in total. The van der Waals surface area contributed by atoms with Gasteiger partial charge in [0.2, 0.25) is 0 Å². The number of hydrogen-bond donors (Lipinski definition) is 4. The van der Waals surface area contributed by atoms with Crippen LogP contribution in [0, 0.1) is 0 Å². The first-order valence-electron chi connectivity index (χ1n) is 11.1. The Balaban J connectivity index is 0.000000303. The van der Waals surface area contributed by atoms with Gasteiger partial charge in [-0.25, -0.2) is 19.6 Å². The first-order valence-corrected chi connectivity index (χ1v) is 13.4. The number of carboxylic acids is 2. The number of fused-ring (bicyclic) bond motifs is 5. The number of imidazole rings is 1. The van der Waals surface area contributed by atoms with E-state index in [1.54, 1.807) is 37.0 Å². The number of carbonyl (C=O) groups is 2. The third-order valence-corrected chi connectivity index (χ3v) is 6.68. The first kappa shape index (κ1) is 33.3. The molecule has 4 aromatic rings. The summed E-state index contributed by atoms with van der Waals surface area (Å²) >= 11 is 13.0. The summed E-state index contributed by atoms with van der Waals surface area (Å²) in [7, 11) is -1.19. The van der Waals surface area contributed by atoms with Gasteiger partial charge >= 0.3 is 24.3 Å². The molecule has 0 saturated heterocycles. The molecule has 1 aromatic carbocycles. The van der Waals surface area contributed by atoms with Crippen molar-refractivity contribution in [1.82, 2.24) is 19.9 Å². The fourth-order valence-electron chi connectivity index (χ4n) is 3.36. The van der Waals surface area contributed by atoms with Crippen molar-refractivity contribution in [2.75, 3.05) is 11.6 Å². The van der Waals surface area contributed by atoms with Crippen LogP contribution in [0.25, 0.3) is 33.9 Å². The predicted molar refractivity (Wildman–Crippen MR) is 144 cm³/mol. The summed E-state index contributed by atoms with van der Waals surface area (Å²) in [5.41, 5.74) is 4.67. The number of aromatic amines is 1. The minimum absolute atomic E-state index is 0.381. The molecule has 1 unspecified atom stereocenters. The van der Waals surface area contributed by atoms with E-state index in [0.717, 1.165) is 28.2 Å². The highest BCUT2D eigenvalue weighted by molar-refractivity contribution is 7.84. The minimum Gasteiger partial charge on any atom is -0.475 e. The molecule has 10 nitrogen and oxygen atoms in total. The summed E-state index contributed by atoms with van der Waals surface area (Å²) < 4.78 is 75.3. The summed E-state index contributed by atoms with van der Waals surface area (Å²) in [6.45, 7) is 0. The Hall–Kier alpha value is -4.22. The topological polar surface area (TPSA) is 158 Å². The van der Waals surface area contributed by atoms with Crippen LogP contribution < -0.4 is 5.32 Å². The lowest BCUT2D eigenvalue weighted by Gasteiger charge is -2.09. The lowest BCUT2D eigenvalue weighted by molar-refractivity contribution is -0.193. The highest BCUT2D eigenvalue weighted by Crippen LogP contribution is 2.44. The Bertz CT molecular complexity index is 1600. The normalized spacial score (nSPS) is 12.4. The van der Waals surface area contributed by atoms with Gasteiger partial charge in [-0.05, 0) is 30.3 Å². The van der Waals surface area contributed by atoms with Crippen molar-refractivity contribution >= 4 is 57.4 Å². The monoisotopic (exact) mass is 669 g/mol. The number of anilines is 2. The molecule has 43 heavy (non-hydrogen) atoms. The highest BCUT2D eigenvalue weighted by Gasteiger charge is 2.39. The van der Waals surface area contributed by atoms with Crippen LogP contribution in [0.1, 0.15) is 0 Å². The van der Waals surface area contributed by atoms with Crippen molar-refractivity contribution in [3.63, 3.8) is 0 Å². The molecule has 0 spiro atoms. The molecule has 1 aliphatic heterocycles. The van der Waals surface area contributed by atoms with E-state index in [4.69, 9.17) is 48.0 Å². The molecule has 1 aliphatic rings. The van der Waals surface area contributed by atoms with E-state index < -0.39 is 35.1 Å². The Morgan fingerprint density at radius 3 is 2.00 bits per heavy atom. The second-order valence-corrected chi connectivity index (χ2v) is 10.3. The number of pyridine rings is 2. The first-order chi connectivity index (χ1) is 19.9. The molecule has 19 heteroatoms. The van der Waals surface area contributed by atoms with Gasteiger partial charge in [0.05, 0.1) is 33.2 Å². The molecule has 0 fully saturated rings. The maximum atomic E-state index is 11.8. The molecule has 1 atom stereocenters. The van der Waals surface area contributed by atoms with Crippen LogP contribution >= 0.6 is 23.2 Å². The number of aliphatic carboxylic acids is 2. The van der Waals surface area contributed by atoms with Crippen LogP contribution in [-0.2, 0) is 20.4 Å². The maximum absolute atomic E-state index is 11.8. The van der Waals surface area contributed by atoms with Crippen molar-refractivity contribution in [3.8, 4) is 33.9 Å². The SMILES string of the molecule is CS(=O)c1cc(Cl)c(-c2nc3c([nH]2)-c2ccncc2Nc2ncccc2-3)c(Cl)c1.O=C(O)C(F)(F)F.O=C(O)C(F)(F)F. The number of nitrogens with zero attached hydrogens (tertiary/aromatic N) is 3. The molecule has 5 rings (SSSR count). The number of carboxylic acid groups (broad SMARTS) is 2. The van der Waals surface area contributed by atoms with E-state index in [2.05, 4.69) is 20.3 Å². The maximum Gasteiger partial charge on any atom is 0.490 e. The van der Waals surface area contributed by atoms with E-state index in [0.29, 0.717) is 32.1 Å². The fraction of sp³-hybridized carbons (Fsp3) is 0.125. The Morgan fingerprint density at radius 1 is 0.930 bits per heavy atom. The number of rotatable bonds is 2. The molecule has 4 heterocycles. The number of benzene rings is 1. The average molecular weight is 670 g/mol. The fourth-order valence-corrected chi connectivity index (χ4v) is 4.72. The summed E-state index contributed by atoms with van der Waals surface area (Å²) in [5, 5.41) is 18.3. The van der Waals surface area contributed by atoms with Crippen LogP contribution in [-0.4, -0.2) is 64.9 Å². The van der Waals surface area contributed by atoms with Crippen LogP contribution in [0.3, 0.4) is 0 Å². The quantitative estimate of drug-likeness (QED) is 0.153. The van der Waals surface area contributed by atoms with Crippen molar-refractivity contribution in [1.29, 1.82) is 0 Å². The van der Waals surface area contributed by atoms with E-state index in [1.165, 1.54) is 0 Å². The second-order valence-electron chi connectivity index (χ2n) is 8.08. The molecule has 0 bridgehead atoms. The lowest BCUT2D eigenvalue weighted by atomic mass is 10.1. The molecular formula is C24H15Cl2F6N5O5S. The van der Waals surface area contributed by atoms with Gasteiger partial charge in [0, 0.05) is 45.5 Å². The van der Waals surface area contributed by atoms with Gasteiger partial charge in [0.25, 0.3) is 0 Å². The molecule has 0 amide bonds. The number of hydrogen-bond acceptors (Lipinski definition) is 7. The van der Waals surface area contributed by atoms with Gasteiger partial charge < -0.3 is 20.5 Å². The molecular weight excluding hydrogens is 655 g/mol. The van der Waals surface area contributed by atoms with Crippen LogP contribution in [0.4, 0.5) is 37.8 Å². The zero-order valence-corrected chi connectivity index (χ0v) is 23.3. The number of halogens is 8. The summed E-state index contributed by atoms with van der Waals surface area (Å²) in [4.78, 5) is 35.2. The number of aromatic nitrogens is 4. The van der Waals surface area contributed by atoms with Gasteiger partial charge in [-0.3, -0.25) is 9.19 Å². The summed E-state index contributed by atoms with van der Waals surface area (Å²) in [5.74, 6) is -4.30. The Kier molecular flexibility index (Phi) is 10.0. The van der Waals surface area contributed by atoms with Crippen LogP contribution in [0.15, 0.2) is 53.8 Å². The van der Waals surface area contributed by atoms with Crippen LogP contribution in [0.2, 0.25) is 10.0 Å². The molecule has 0 aliphatic carbocycles. The van der Waals surface area contributed by atoms with E-state index in [1.807, 2.05) is 18.2 Å². The molecule has 0 saturated carbocycles. The Labute approximate surface area is 249 Å². The molecule has 228 valence electrons. The molecule has 3 aromatic heterocycles. The largest absolute Gasteiger partial charge is 0.490 e. The zero-order valence-electron chi connectivity index (χ0n) is 21.0. The second kappa shape index (κ2) is 13.0. The van der Waals surface area contributed by atoms with E-state index in [9.17, 15) is 30.6 Å². The van der Waals surface area contributed by atoms with Gasteiger partial charge in [-0.1, -0.05) is 23.2 Å². The molecule has 0 radical (unpaired) electrons. The van der Waals surface area contributed by atoms with Crippen molar-refractivity contribution in [3.05, 3.63) is 59.0 Å². The number of nitrogens with one attached hydrogen (secondary N) is 2. The van der Waals surface area contributed by atoms with Gasteiger partial charge in [-0.2, -0.15) is 26.3 Å². The average Bonchev–Trinajstić information content (AvgIpc) is 3.27. The standard InChI is InChI=1S/C20H13Cl2N5OS.2C2HF3O2/c1-29(28)10-7-13(21)16(14(22)8-10)20-26-17-11-4-6-23-9-15(11)25-19-12(18(17)27-20)3-2-5-24-19;2*3-2(4,5)1(6)7/h2-9H,1H3,(H,24,25)(H,26,27);2*(H,6,7). The predicted octanol–water partition coefficient (Wildman–Crippen LogP) is 6.57. The van der Waals surface area contributed by atoms with Crippen LogP contribution in [0.5, 0.6) is 0 Å². The van der Waals surface area contributed by atoms with E-state index >= 15 is 0 Å². The Morgan fingerprint density at radius 2 is 1.49 bits per heavy atom. The minimum atomic E-state index is -5.08. The lowest BCUT2D eigenvalue weighted by Crippen LogP contribution is -2.21. The summed E-state index contributed by atoms with van der Waals surface area (Å²) in [6.07, 6.45) is -3.40. The zero-order chi connectivity index (χ0) is 32.3. The smallest absolute Gasteiger partial charge is 0.475 e. The van der Waals surface area contributed by atoms with Gasteiger partial charge in [0.15, 0.2) is 0 Å². The number of alkyl halides is 6. The van der Waals surface area contributed by atoms with Gasteiger partial charge in [0.1, 0.15) is 17.3 Å². The van der Waals surface area contributed by atoms with E-state index in [-0.39, 0.29) is 0 Å². The van der Waals surface area contributed by atoms with Gasteiger partial charge in [-0.15, -0.1) is 0 Å².